The van der Waals surface area contributed by atoms with Gasteiger partial charge in [0.15, 0.2) is 0 Å². The zero-order valence-electron chi connectivity index (χ0n) is 13.0. The molecule has 0 aliphatic rings. The predicted octanol–water partition coefficient (Wildman–Crippen LogP) is 2.00. The monoisotopic (exact) mass is 323 g/mol. The van der Waals surface area contributed by atoms with E-state index in [9.17, 15) is 14.7 Å². The summed E-state index contributed by atoms with van der Waals surface area (Å²) in [7, 11) is 2.98. The molecule has 0 aliphatic heterocycles. The van der Waals surface area contributed by atoms with Crippen LogP contribution in [-0.2, 0) is 9.53 Å². The molecule has 0 spiro atoms. The van der Waals surface area contributed by atoms with E-state index < -0.39 is 18.0 Å². The van der Waals surface area contributed by atoms with Crippen LogP contribution in [0.1, 0.15) is 28.0 Å². The van der Waals surface area contributed by atoms with E-state index in [4.69, 9.17) is 4.74 Å². The molecule has 1 N–H and O–H groups in total. The fourth-order valence-electron chi connectivity index (χ4n) is 2.11. The topological polar surface area (TPSA) is 92.6 Å². The average Bonchev–Trinajstić information content (AvgIpc) is 2.80. The van der Waals surface area contributed by atoms with E-state index in [1.807, 2.05) is 0 Å². The molecule has 2 aromatic rings. The van der Waals surface area contributed by atoms with E-state index in [2.05, 4.69) is 9.97 Å². The van der Waals surface area contributed by atoms with Crippen molar-refractivity contribution in [1.82, 2.24) is 9.97 Å². The first kappa shape index (κ1) is 16.2. The highest BCUT2D eigenvalue weighted by atomic mass is 32.1. The minimum absolute atomic E-state index is 0.432. The van der Waals surface area contributed by atoms with Gasteiger partial charge < -0.3 is 14.7 Å². The summed E-state index contributed by atoms with van der Waals surface area (Å²) in [5, 5.41) is 9.89. The van der Waals surface area contributed by atoms with Crippen LogP contribution in [0.2, 0.25) is 0 Å². The number of carboxylic acid groups (broad SMARTS) is 1. The number of thiophene rings is 1. The van der Waals surface area contributed by atoms with E-state index in [0.29, 0.717) is 32.3 Å². The Hall–Kier alpha value is -2.22. The van der Waals surface area contributed by atoms with Gasteiger partial charge >= 0.3 is 11.9 Å². The van der Waals surface area contributed by atoms with Crippen LogP contribution in [0.25, 0.3) is 10.2 Å². The van der Waals surface area contributed by atoms with Gasteiger partial charge in [-0.15, -0.1) is 11.3 Å². The molecule has 0 fully saturated rings. The van der Waals surface area contributed by atoms with E-state index in [0.717, 1.165) is 0 Å². The summed E-state index contributed by atoms with van der Waals surface area (Å²) in [6.07, 6.45) is 0. The Balaban J connectivity index is 2.71. The van der Waals surface area contributed by atoms with Crippen LogP contribution in [-0.4, -0.2) is 47.2 Å². The van der Waals surface area contributed by atoms with Gasteiger partial charge in [-0.3, -0.25) is 0 Å². The Morgan fingerprint density at radius 2 is 1.95 bits per heavy atom. The molecular weight excluding hydrogens is 306 g/mol. The van der Waals surface area contributed by atoms with Gasteiger partial charge in [0.25, 0.3) is 0 Å². The Kier molecular flexibility index (Phi) is 4.32. The Morgan fingerprint density at radius 3 is 2.50 bits per heavy atom. The minimum Gasteiger partial charge on any atom is -0.480 e. The second-order valence-electron chi connectivity index (χ2n) is 4.95. The van der Waals surface area contributed by atoms with Gasteiger partial charge in [-0.1, -0.05) is 0 Å². The van der Waals surface area contributed by atoms with Gasteiger partial charge in [-0.25, -0.2) is 19.6 Å². The standard InChI is InChI=1S/C14H17N3O4S/c1-6-9-11(17(4)7(2)13(18)19)15-8(3)16-12(9)22-10(6)14(20)21-5/h7H,1-5H3,(H,18,19). The van der Waals surface area contributed by atoms with Crippen molar-refractivity contribution < 1.29 is 19.4 Å². The zero-order chi connectivity index (χ0) is 16.6. The molecule has 7 nitrogen and oxygen atoms in total. The molecule has 0 amide bonds. The number of hydrogen-bond acceptors (Lipinski definition) is 7. The number of aliphatic carboxylic acids is 1. The number of aryl methyl sites for hydroxylation is 2. The zero-order valence-corrected chi connectivity index (χ0v) is 13.8. The third-order valence-corrected chi connectivity index (χ3v) is 4.69. The molecule has 0 saturated heterocycles. The number of hydrogen-bond donors (Lipinski definition) is 1. The van der Waals surface area contributed by atoms with Crippen molar-refractivity contribution in [3.05, 3.63) is 16.3 Å². The molecular formula is C14H17N3O4S. The highest BCUT2D eigenvalue weighted by Crippen LogP contribution is 2.35. The molecule has 1 unspecified atom stereocenters. The molecule has 0 aliphatic carbocycles. The van der Waals surface area contributed by atoms with E-state index in [1.54, 1.807) is 32.7 Å². The Morgan fingerprint density at radius 1 is 1.32 bits per heavy atom. The van der Waals surface area contributed by atoms with Gasteiger partial charge in [0, 0.05) is 7.05 Å². The quantitative estimate of drug-likeness (QED) is 0.860. The summed E-state index contributed by atoms with van der Waals surface area (Å²) in [4.78, 5) is 34.5. The second-order valence-corrected chi connectivity index (χ2v) is 5.95. The highest BCUT2D eigenvalue weighted by molar-refractivity contribution is 7.20. The normalized spacial score (nSPS) is 12.2. The number of fused-ring (bicyclic) bond motifs is 1. The van der Waals surface area contributed by atoms with Crippen molar-refractivity contribution in [2.75, 3.05) is 19.1 Å². The lowest BCUT2D eigenvalue weighted by atomic mass is 10.1. The lowest BCUT2D eigenvalue weighted by Gasteiger charge is -2.23. The predicted molar refractivity (Wildman–Crippen MR) is 83.7 cm³/mol. The average molecular weight is 323 g/mol. The molecule has 8 heteroatoms. The number of aromatic nitrogens is 2. The molecule has 2 heterocycles. The first-order valence-electron chi connectivity index (χ1n) is 6.59. The number of carbonyl (C=O) groups excluding carboxylic acids is 1. The number of rotatable bonds is 4. The summed E-state index contributed by atoms with van der Waals surface area (Å²) in [6, 6.07) is -0.752. The number of likely N-dealkylation sites (N-methyl/N-ethyl adjacent to an activating group) is 1. The fourth-order valence-corrected chi connectivity index (χ4v) is 3.25. The number of carboxylic acids is 1. The van der Waals surface area contributed by atoms with E-state index in [-0.39, 0.29) is 0 Å². The molecule has 0 radical (unpaired) electrons. The van der Waals surface area contributed by atoms with Crippen LogP contribution in [0.15, 0.2) is 0 Å². The fraction of sp³-hybridized carbons (Fsp3) is 0.429. The SMILES string of the molecule is COC(=O)c1sc2nc(C)nc(N(C)C(C)C(=O)O)c2c1C. The molecule has 118 valence electrons. The second kappa shape index (κ2) is 5.88. The van der Waals surface area contributed by atoms with Crippen molar-refractivity contribution in [1.29, 1.82) is 0 Å². The van der Waals surface area contributed by atoms with Crippen LogP contribution < -0.4 is 4.90 Å². The maximum Gasteiger partial charge on any atom is 0.348 e. The molecule has 2 aromatic heterocycles. The maximum atomic E-state index is 11.8. The summed E-state index contributed by atoms with van der Waals surface area (Å²) in [5.74, 6) is -0.364. The van der Waals surface area contributed by atoms with E-state index >= 15 is 0 Å². The number of anilines is 1. The van der Waals surface area contributed by atoms with Gasteiger partial charge in [0.2, 0.25) is 0 Å². The van der Waals surface area contributed by atoms with Gasteiger partial charge in [0.05, 0.1) is 12.5 Å². The number of carbonyl (C=O) groups is 2. The van der Waals surface area contributed by atoms with Crippen LogP contribution in [0.5, 0.6) is 0 Å². The summed E-state index contributed by atoms with van der Waals surface area (Å²) < 4.78 is 4.78. The van der Waals surface area contributed by atoms with Crippen LogP contribution in [0.3, 0.4) is 0 Å². The number of nitrogens with zero attached hydrogens (tertiary/aromatic N) is 3. The number of methoxy groups -OCH3 is 1. The molecule has 0 saturated carbocycles. The molecule has 1 atom stereocenters. The lowest BCUT2D eigenvalue weighted by molar-refractivity contribution is -0.138. The van der Waals surface area contributed by atoms with Crippen molar-refractivity contribution >= 4 is 39.3 Å². The van der Waals surface area contributed by atoms with Gasteiger partial charge in [0.1, 0.15) is 27.4 Å². The Labute approximate surface area is 131 Å². The number of esters is 1. The maximum absolute atomic E-state index is 11.8. The summed E-state index contributed by atoms with van der Waals surface area (Å²) >= 11 is 1.22. The lowest BCUT2D eigenvalue weighted by Crippen LogP contribution is -2.36. The smallest absolute Gasteiger partial charge is 0.348 e. The van der Waals surface area contributed by atoms with Crippen molar-refractivity contribution in [3.63, 3.8) is 0 Å². The van der Waals surface area contributed by atoms with Crippen molar-refractivity contribution in [2.24, 2.45) is 0 Å². The van der Waals surface area contributed by atoms with Gasteiger partial charge in [-0.2, -0.15) is 0 Å². The molecule has 22 heavy (non-hydrogen) atoms. The first-order chi connectivity index (χ1) is 10.3. The molecule has 0 aromatic carbocycles. The van der Waals surface area contributed by atoms with Crippen LogP contribution in [0.4, 0.5) is 5.82 Å². The largest absolute Gasteiger partial charge is 0.480 e. The Bertz CT molecular complexity index is 756. The van der Waals surface area contributed by atoms with Crippen LogP contribution in [0, 0.1) is 13.8 Å². The van der Waals surface area contributed by atoms with E-state index in [1.165, 1.54) is 18.4 Å². The van der Waals surface area contributed by atoms with Crippen LogP contribution >= 0.6 is 11.3 Å². The molecule has 2 rings (SSSR count). The summed E-state index contributed by atoms with van der Waals surface area (Å²) in [5.41, 5.74) is 0.700. The minimum atomic E-state index is -0.951. The first-order valence-corrected chi connectivity index (χ1v) is 7.41. The third-order valence-electron chi connectivity index (χ3n) is 3.53. The molecule has 0 bridgehead atoms. The van der Waals surface area contributed by atoms with Crippen molar-refractivity contribution in [2.45, 2.75) is 26.8 Å². The van der Waals surface area contributed by atoms with Gasteiger partial charge in [-0.05, 0) is 26.3 Å². The highest BCUT2D eigenvalue weighted by Gasteiger charge is 2.25. The summed E-state index contributed by atoms with van der Waals surface area (Å²) in [6.45, 7) is 5.09. The third kappa shape index (κ3) is 2.61. The number of ether oxygens (including phenoxy) is 1. The van der Waals surface area contributed by atoms with Crippen molar-refractivity contribution in [3.8, 4) is 0 Å².